The van der Waals surface area contributed by atoms with Crippen LogP contribution >= 0.6 is 46.4 Å². The monoisotopic (exact) mass is 328 g/mol. The molecule has 4 atom stereocenters. The zero-order valence-corrected chi connectivity index (χ0v) is 13.5. The normalized spacial score (nSPS) is 36.7. The third-order valence-corrected chi connectivity index (χ3v) is 6.25. The van der Waals surface area contributed by atoms with Crippen molar-refractivity contribution in [3.63, 3.8) is 0 Å². The van der Waals surface area contributed by atoms with E-state index >= 15 is 0 Å². The lowest BCUT2D eigenvalue weighted by molar-refractivity contribution is 0.291. The van der Waals surface area contributed by atoms with E-state index < -0.39 is 0 Å². The van der Waals surface area contributed by atoms with Crippen LogP contribution in [0.5, 0.6) is 0 Å². The molecule has 0 fully saturated rings. The topological polar surface area (TPSA) is 0 Å². The molecule has 0 N–H and O–H groups in total. The minimum absolute atomic E-state index is 0.548. The Labute approximate surface area is 130 Å². The Hall–Kier alpha value is 0.900. The van der Waals surface area contributed by atoms with Gasteiger partial charge in [0.05, 0.1) is 0 Å². The van der Waals surface area contributed by atoms with Gasteiger partial charge in [-0.15, -0.1) is 46.4 Å². The molecule has 0 nitrogen and oxygen atoms in total. The summed E-state index contributed by atoms with van der Waals surface area (Å²) in [5.74, 6) is 5.07. The van der Waals surface area contributed by atoms with Gasteiger partial charge in [-0.1, -0.05) is 11.1 Å². The van der Waals surface area contributed by atoms with Crippen LogP contribution in [0.3, 0.4) is 0 Å². The van der Waals surface area contributed by atoms with E-state index in [9.17, 15) is 0 Å². The Kier molecular flexibility index (Phi) is 6.00. The molecule has 0 aromatic carbocycles. The second-order valence-corrected chi connectivity index (χ2v) is 6.92. The van der Waals surface area contributed by atoms with Crippen LogP contribution in [0.4, 0.5) is 0 Å². The van der Waals surface area contributed by atoms with Crippen LogP contribution in [0, 0.1) is 23.7 Å². The molecule has 2 aliphatic carbocycles. The van der Waals surface area contributed by atoms with E-state index in [1.54, 1.807) is 11.1 Å². The summed E-state index contributed by atoms with van der Waals surface area (Å²) in [6.45, 7) is 0. The number of hydrogen-bond acceptors (Lipinski definition) is 0. The second kappa shape index (κ2) is 7.07. The fraction of sp³-hybridized carbons (Fsp3) is 0.857. The molecule has 0 spiro atoms. The van der Waals surface area contributed by atoms with Crippen LogP contribution in [0.1, 0.15) is 25.7 Å². The molecule has 0 saturated carbocycles. The average molecular weight is 330 g/mol. The predicted molar refractivity (Wildman–Crippen MR) is 82.3 cm³/mol. The molecule has 0 heterocycles. The van der Waals surface area contributed by atoms with Crippen LogP contribution in [0.2, 0.25) is 0 Å². The lowest BCUT2D eigenvalue weighted by Gasteiger charge is -2.40. The highest BCUT2D eigenvalue weighted by atomic mass is 35.5. The van der Waals surface area contributed by atoms with Crippen molar-refractivity contribution in [3.8, 4) is 0 Å². The standard InChI is InChI=1S/C14H20Cl4/c15-5-11-1-9-2-13(7-17)14(8-18)4-10(9)3-12(11)6-16/h11-14H,1-8H2/t11-,12+,13+,14-. The van der Waals surface area contributed by atoms with E-state index in [0.29, 0.717) is 23.7 Å². The molecule has 0 aromatic heterocycles. The quantitative estimate of drug-likeness (QED) is 0.485. The van der Waals surface area contributed by atoms with Gasteiger partial charge in [-0.3, -0.25) is 0 Å². The summed E-state index contributed by atoms with van der Waals surface area (Å²) in [4.78, 5) is 0. The van der Waals surface area contributed by atoms with E-state index in [-0.39, 0.29) is 0 Å². The highest BCUT2D eigenvalue weighted by Crippen LogP contribution is 2.46. The molecule has 18 heavy (non-hydrogen) atoms. The molecule has 0 radical (unpaired) electrons. The molecular weight excluding hydrogens is 310 g/mol. The van der Waals surface area contributed by atoms with Crippen molar-refractivity contribution in [1.82, 2.24) is 0 Å². The Balaban J connectivity index is 2.14. The highest BCUT2D eigenvalue weighted by molar-refractivity contribution is 6.19. The first-order chi connectivity index (χ1) is 8.73. The second-order valence-electron chi connectivity index (χ2n) is 5.68. The predicted octanol–water partition coefficient (Wildman–Crippen LogP) is 5.29. The van der Waals surface area contributed by atoms with Crippen molar-refractivity contribution in [3.05, 3.63) is 11.1 Å². The van der Waals surface area contributed by atoms with E-state index in [2.05, 4.69) is 0 Å². The Morgan fingerprint density at radius 2 is 0.778 bits per heavy atom. The zero-order chi connectivity index (χ0) is 13.1. The molecule has 2 rings (SSSR count). The maximum absolute atomic E-state index is 6.08. The summed E-state index contributed by atoms with van der Waals surface area (Å²) >= 11 is 24.3. The van der Waals surface area contributed by atoms with E-state index in [1.807, 2.05) is 0 Å². The van der Waals surface area contributed by atoms with Gasteiger partial charge in [0.25, 0.3) is 0 Å². The maximum atomic E-state index is 6.08. The summed E-state index contributed by atoms with van der Waals surface area (Å²) < 4.78 is 0. The average Bonchev–Trinajstić information content (AvgIpc) is 2.43. The number of hydrogen-bond donors (Lipinski definition) is 0. The van der Waals surface area contributed by atoms with Gasteiger partial charge in [0, 0.05) is 23.5 Å². The fourth-order valence-corrected chi connectivity index (χ4v) is 4.84. The molecule has 0 bridgehead atoms. The summed E-state index contributed by atoms with van der Waals surface area (Å²) in [7, 11) is 0. The van der Waals surface area contributed by atoms with Crippen LogP contribution < -0.4 is 0 Å². The largest absolute Gasteiger partial charge is 0.126 e. The third-order valence-electron chi connectivity index (χ3n) is 4.66. The van der Waals surface area contributed by atoms with Gasteiger partial charge in [-0.2, -0.15) is 0 Å². The van der Waals surface area contributed by atoms with Crippen molar-refractivity contribution in [2.75, 3.05) is 23.5 Å². The molecular formula is C14H20Cl4. The van der Waals surface area contributed by atoms with Crippen LogP contribution in [-0.4, -0.2) is 23.5 Å². The van der Waals surface area contributed by atoms with Crippen molar-refractivity contribution in [1.29, 1.82) is 0 Å². The summed E-state index contributed by atoms with van der Waals surface area (Å²) in [5, 5.41) is 0. The SMILES string of the molecule is ClC[C@@H]1CC2=C(C[C@@H](CCl)[C@@H](CCl)C2)C[C@@H]1CCl. The number of alkyl halides is 4. The first kappa shape index (κ1) is 15.3. The molecule has 4 heteroatoms. The van der Waals surface area contributed by atoms with E-state index in [1.165, 1.54) is 0 Å². The molecule has 0 aliphatic heterocycles. The zero-order valence-electron chi connectivity index (χ0n) is 10.5. The van der Waals surface area contributed by atoms with Crippen molar-refractivity contribution < 1.29 is 0 Å². The molecule has 104 valence electrons. The smallest absolute Gasteiger partial charge is 0.0258 e. The summed E-state index contributed by atoms with van der Waals surface area (Å²) in [6, 6.07) is 0. The lowest BCUT2D eigenvalue weighted by Crippen LogP contribution is -2.31. The van der Waals surface area contributed by atoms with Gasteiger partial charge >= 0.3 is 0 Å². The van der Waals surface area contributed by atoms with Gasteiger partial charge in [0.15, 0.2) is 0 Å². The molecule has 0 amide bonds. The third kappa shape index (κ3) is 3.14. The first-order valence-electron chi connectivity index (χ1n) is 6.67. The van der Waals surface area contributed by atoms with Gasteiger partial charge in [-0.05, 0) is 49.4 Å². The Bertz CT molecular complexity index is 255. The van der Waals surface area contributed by atoms with Crippen molar-refractivity contribution in [2.45, 2.75) is 25.7 Å². The minimum Gasteiger partial charge on any atom is -0.126 e. The van der Waals surface area contributed by atoms with Crippen molar-refractivity contribution >= 4 is 46.4 Å². The minimum atomic E-state index is 0.548. The molecule has 0 aromatic rings. The van der Waals surface area contributed by atoms with Gasteiger partial charge < -0.3 is 0 Å². The first-order valence-corrected chi connectivity index (χ1v) is 8.80. The lowest BCUT2D eigenvalue weighted by atomic mass is 9.68. The highest BCUT2D eigenvalue weighted by Gasteiger charge is 2.35. The van der Waals surface area contributed by atoms with Crippen LogP contribution in [0.25, 0.3) is 0 Å². The number of rotatable bonds is 4. The number of halogens is 4. The Morgan fingerprint density at radius 3 is 0.944 bits per heavy atom. The van der Waals surface area contributed by atoms with Crippen molar-refractivity contribution in [2.24, 2.45) is 23.7 Å². The van der Waals surface area contributed by atoms with E-state index in [4.69, 9.17) is 46.4 Å². The van der Waals surface area contributed by atoms with Gasteiger partial charge in [0.2, 0.25) is 0 Å². The van der Waals surface area contributed by atoms with Crippen LogP contribution in [0.15, 0.2) is 11.1 Å². The van der Waals surface area contributed by atoms with Gasteiger partial charge in [0.1, 0.15) is 0 Å². The maximum Gasteiger partial charge on any atom is 0.0258 e. The van der Waals surface area contributed by atoms with Gasteiger partial charge in [-0.25, -0.2) is 0 Å². The van der Waals surface area contributed by atoms with Crippen LogP contribution in [-0.2, 0) is 0 Å². The number of allylic oxidation sites excluding steroid dienone is 2. The van der Waals surface area contributed by atoms with E-state index in [0.717, 1.165) is 49.2 Å². The summed E-state index contributed by atoms with van der Waals surface area (Å²) in [5.41, 5.74) is 3.21. The summed E-state index contributed by atoms with van der Waals surface area (Å²) in [6.07, 6.45) is 4.49. The molecule has 0 unspecified atom stereocenters. The molecule has 0 saturated heterocycles. The fourth-order valence-electron chi connectivity index (χ4n) is 3.40. The Morgan fingerprint density at radius 1 is 0.556 bits per heavy atom. The molecule has 2 aliphatic rings.